The fourth-order valence-electron chi connectivity index (χ4n) is 2.88. The largest absolute Gasteiger partial charge is 0.378 e. The van der Waals surface area contributed by atoms with Crippen LogP contribution in [-0.4, -0.2) is 53.4 Å². The molecule has 0 aromatic carbocycles. The molecule has 1 unspecified atom stereocenters. The van der Waals surface area contributed by atoms with Crippen LogP contribution in [0.15, 0.2) is 30.7 Å². The summed E-state index contributed by atoms with van der Waals surface area (Å²) in [5.41, 5.74) is 0.678. The third kappa shape index (κ3) is 4.95. The van der Waals surface area contributed by atoms with Gasteiger partial charge >= 0.3 is 6.03 Å². The van der Waals surface area contributed by atoms with Crippen LogP contribution in [-0.2, 0) is 11.3 Å². The molecule has 8 heteroatoms. The summed E-state index contributed by atoms with van der Waals surface area (Å²) in [4.78, 5) is 22.9. The highest BCUT2D eigenvalue weighted by Crippen LogP contribution is 2.15. The van der Waals surface area contributed by atoms with Crippen molar-refractivity contribution in [2.45, 2.75) is 20.4 Å². The number of nitrogens with one attached hydrogen (secondary N) is 2. The highest BCUT2D eigenvalue weighted by molar-refractivity contribution is 5.89. The molecule has 2 amide bonds. The van der Waals surface area contributed by atoms with Gasteiger partial charge in [-0.1, -0.05) is 6.92 Å². The Morgan fingerprint density at radius 2 is 2.12 bits per heavy atom. The average molecular weight is 358 g/mol. The molecule has 1 aliphatic heterocycles. The first-order chi connectivity index (χ1) is 12.6. The number of carbonyl (C=O) groups excluding carboxylic acids is 1. The Morgan fingerprint density at radius 3 is 2.77 bits per heavy atom. The van der Waals surface area contributed by atoms with Gasteiger partial charge in [-0.3, -0.25) is 0 Å². The lowest BCUT2D eigenvalue weighted by Crippen LogP contribution is -2.36. The third-order valence-corrected chi connectivity index (χ3v) is 4.38. The van der Waals surface area contributed by atoms with E-state index in [0.29, 0.717) is 18.2 Å². The van der Waals surface area contributed by atoms with Crippen LogP contribution in [0.2, 0.25) is 0 Å². The SMILES string of the molecule is Cc1nccn1CC(C)CNC(=O)Nc1ccc(N2CCOCC2)nc1. The van der Waals surface area contributed by atoms with Gasteiger partial charge in [-0.2, -0.15) is 0 Å². The number of ether oxygens (including phenoxy) is 1. The van der Waals surface area contributed by atoms with Crippen molar-refractivity contribution in [2.75, 3.05) is 43.1 Å². The summed E-state index contributed by atoms with van der Waals surface area (Å²) in [6, 6.07) is 3.57. The number of morpholine rings is 1. The van der Waals surface area contributed by atoms with Gasteiger partial charge in [0.15, 0.2) is 0 Å². The maximum Gasteiger partial charge on any atom is 0.319 e. The molecule has 0 saturated carbocycles. The number of amides is 2. The number of hydrogen-bond donors (Lipinski definition) is 2. The van der Waals surface area contributed by atoms with Crippen LogP contribution in [0.1, 0.15) is 12.7 Å². The lowest BCUT2D eigenvalue weighted by atomic mass is 10.2. The number of hydrogen-bond acceptors (Lipinski definition) is 5. The number of urea groups is 1. The summed E-state index contributed by atoms with van der Waals surface area (Å²) in [5.74, 6) is 2.19. The molecule has 2 aromatic rings. The monoisotopic (exact) mass is 358 g/mol. The maximum atomic E-state index is 12.1. The second-order valence-corrected chi connectivity index (χ2v) is 6.57. The number of nitrogens with zero attached hydrogens (tertiary/aromatic N) is 4. The second kappa shape index (κ2) is 8.66. The van der Waals surface area contributed by atoms with Crippen LogP contribution in [0.3, 0.4) is 0 Å². The van der Waals surface area contributed by atoms with E-state index in [4.69, 9.17) is 4.74 Å². The zero-order valence-corrected chi connectivity index (χ0v) is 15.3. The molecule has 0 radical (unpaired) electrons. The van der Waals surface area contributed by atoms with Gasteiger partial charge in [0.05, 0.1) is 25.1 Å². The molecular weight excluding hydrogens is 332 g/mol. The van der Waals surface area contributed by atoms with E-state index in [0.717, 1.165) is 44.5 Å². The summed E-state index contributed by atoms with van der Waals surface area (Å²) in [6.45, 7) is 8.61. The Bertz CT molecular complexity index is 709. The number of aryl methyl sites for hydroxylation is 1. The van der Waals surface area contributed by atoms with Crippen LogP contribution < -0.4 is 15.5 Å². The topological polar surface area (TPSA) is 84.3 Å². The summed E-state index contributed by atoms with van der Waals surface area (Å²) in [5, 5.41) is 5.73. The summed E-state index contributed by atoms with van der Waals surface area (Å²) < 4.78 is 7.43. The lowest BCUT2D eigenvalue weighted by molar-refractivity contribution is 0.122. The minimum Gasteiger partial charge on any atom is -0.378 e. The van der Waals surface area contributed by atoms with Crippen molar-refractivity contribution in [3.63, 3.8) is 0 Å². The standard InChI is InChI=1S/C18H26N6O2/c1-14(13-24-6-5-19-15(24)2)11-21-18(25)22-16-3-4-17(20-12-16)23-7-9-26-10-8-23/h3-6,12,14H,7-11,13H2,1-2H3,(H2,21,22,25). The molecule has 140 valence electrons. The molecular formula is C18H26N6O2. The van der Waals surface area contributed by atoms with Crippen molar-refractivity contribution in [3.8, 4) is 0 Å². The molecule has 1 fully saturated rings. The van der Waals surface area contributed by atoms with Crippen molar-refractivity contribution < 1.29 is 9.53 Å². The number of carbonyl (C=O) groups is 1. The van der Waals surface area contributed by atoms with E-state index < -0.39 is 0 Å². The van der Waals surface area contributed by atoms with Crippen molar-refractivity contribution in [1.82, 2.24) is 19.9 Å². The molecule has 2 aromatic heterocycles. The van der Waals surface area contributed by atoms with E-state index in [1.54, 1.807) is 12.4 Å². The quantitative estimate of drug-likeness (QED) is 0.824. The van der Waals surface area contributed by atoms with E-state index >= 15 is 0 Å². The van der Waals surface area contributed by atoms with Gasteiger partial charge < -0.3 is 24.8 Å². The molecule has 0 spiro atoms. The number of imidazole rings is 1. The van der Waals surface area contributed by atoms with Gasteiger partial charge in [0, 0.05) is 38.6 Å². The van der Waals surface area contributed by atoms with E-state index in [2.05, 4.69) is 37.0 Å². The van der Waals surface area contributed by atoms with Crippen molar-refractivity contribution in [2.24, 2.45) is 5.92 Å². The first-order valence-corrected chi connectivity index (χ1v) is 8.93. The van der Waals surface area contributed by atoms with Gasteiger partial charge in [0.1, 0.15) is 11.6 Å². The molecule has 8 nitrogen and oxygen atoms in total. The van der Waals surface area contributed by atoms with Crippen LogP contribution in [0, 0.1) is 12.8 Å². The second-order valence-electron chi connectivity index (χ2n) is 6.57. The zero-order chi connectivity index (χ0) is 18.4. The van der Waals surface area contributed by atoms with E-state index in [-0.39, 0.29) is 6.03 Å². The molecule has 0 aliphatic carbocycles. The first kappa shape index (κ1) is 18.2. The van der Waals surface area contributed by atoms with Crippen molar-refractivity contribution in [3.05, 3.63) is 36.5 Å². The van der Waals surface area contributed by atoms with Gasteiger partial charge in [-0.15, -0.1) is 0 Å². The van der Waals surface area contributed by atoms with Gasteiger partial charge in [-0.05, 0) is 25.0 Å². The molecule has 3 heterocycles. The predicted octanol–water partition coefficient (Wildman–Crippen LogP) is 1.88. The Hall–Kier alpha value is -2.61. The van der Waals surface area contributed by atoms with Gasteiger partial charge in [-0.25, -0.2) is 14.8 Å². The molecule has 0 bridgehead atoms. The van der Waals surface area contributed by atoms with Gasteiger partial charge in [0.2, 0.25) is 0 Å². The molecule has 26 heavy (non-hydrogen) atoms. The van der Waals surface area contributed by atoms with E-state index in [1.165, 1.54) is 0 Å². The lowest BCUT2D eigenvalue weighted by Gasteiger charge is -2.27. The predicted molar refractivity (Wildman–Crippen MR) is 100 cm³/mol. The molecule has 2 N–H and O–H groups in total. The number of aromatic nitrogens is 3. The average Bonchev–Trinajstić information content (AvgIpc) is 3.06. The van der Waals surface area contributed by atoms with E-state index in [1.807, 2.05) is 25.3 Å². The number of pyridine rings is 1. The molecule has 1 saturated heterocycles. The highest BCUT2D eigenvalue weighted by atomic mass is 16.5. The molecule has 1 atom stereocenters. The molecule has 3 rings (SSSR count). The van der Waals surface area contributed by atoms with Crippen molar-refractivity contribution in [1.29, 1.82) is 0 Å². The zero-order valence-electron chi connectivity index (χ0n) is 15.3. The summed E-state index contributed by atoms with van der Waals surface area (Å²) in [6.07, 6.45) is 5.42. The first-order valence-electron chi connectivity index (χ1n) is 8.93. The smallest absolute Gasteiger partial charge is 0.319 e. The Kier molecular flexibility index (Phi) is 6.06. The minimum atomic E-state index is -0.222. The number of rotatable bonds is 6. The third-order valence-electron chi connectivity index (χ3n) is 4.38. The molecule has 1 aliphatic rings. The number of anilines is 2. The highest BCUT2D eigenvalue weighted by Gasteiger charge is 2.12. The fraction of sp³-hybridized carbons (Fsp3) is 0.500. The van der Waals surface area contributed by atoms with Crippen LogP contribution >= 0.6 is 0 Å². The van der Waals surface area contributed by atoms with Crippen molar-refractivity contribution >= 4 is 17.5 Å². The van der Waals surface area contributed by atoms with E-state index in [9.17, 15) is 4.79 Å². The Labute approximate surface area is 153 Å². The van der Waals surface area contributed by atoms with Crippen LogP contribution in [0.5, 0.6) is 0 Å². The Balaban J connectivity index is 1.43. The fourth-order valence-corrected chi connectivity index (χ4v) is 2.88. The normalized spacial score (nSPS) is 15.5. The van der Waals surface area contributed by atoms with Crippen LogP contribution in [0.4, 0.5) is 16.3 Å². The summed E-state index contributed by atoms with van der Waals surface area (Å²) in [7, 11) is 0. The van der Waals surface area contributed by atoms with Crippen LogP contribution in [0.25, 0.3) is 0 Å². The summed E-state index contributed by atoms with van der Waals surface area (Å²) >= 11 is 0. The van der Waals surface area contributed by atoms with Gasteiger partial charge in [0.25, 0.3) is 0 Å². The maximum absolute atomic E-state index is 12.1. The minimum absolute atomic E-state index is 0.222. The Morgan fingerprint density at radius 1 is 1.31 bits per heavy atom.